The largest absolute Gasteiger partial charge is 0.427 e. The molecule has 1 aromatic carbocycles. The van der Waals surface area contributed by atoms with Crippen LogP contribution in [0.2, 0.25) is 0 Å². The Kier molecular flexibility index (Phi) is 5.33. The van der Waals surface area contributed by atoms with Crippen LogP contribution in [-0.4, -0.2) is 63.5 Å². The molecule has 1 fully saturated rings. The fraction of sp³-hybridized carbons (Fsp3) is 0.429. The number of benzene rings is 1. The van der Waals surface area contributed by atoms with Crippen LogP contribution in [0.15, 0.2) is 30.3 Å². The molecule has 152 valence electrons. The molecule has 2 aliphatic heterocycles. The molecule has 0 unspecified atom stereocenters. The van der Waals surface area contributed by atoms with Crippen LogP contribution in [0.3, 0.4) is 0 Å². The first-order chi connectivity index (χ1) is 14.0. The second-order valence-electron chi connectivity index (χ2n) is 7.40. The molecule has 29 heavy (non-hydrogen) atoms. The summed E-state index contributed by atoms with van der Waals surface area (Å²) >= 11 is 0. The number of fused-ring (bicyclic) bond motifs is 1. The number of hydrogen-bond acceptors (Lipinski definition) is 5. The Bertz CT molecular complexity index is 903. The second kappa shape index (κ2) is 8.06. The molecule has 0 spiro atoms. The predicted molar refractivity (Wildman–Crippen MR) is 105 cm³/mol. The molecule has 2 aromatic rings. The third-order valence-electron chi connectivity index (χ3n) is 5.35. The van der Waals surface area contributed by atoms with E-state index >= 15 is 0 Å². The van der Waals surface area contributed by atoms with Gasteiger partial charge in [-0.2, -0.15) is 5.10 Å². The molecular weight excluding hydrogens is 372 g/mol. The van der Waals surface area contributed by atoms with E-state index in [1.54, 1.807) is 34.1 Å². The highest BCUT2D eigenvalue weighted by Gasteiger charge is 2.27. The summed E-state index contributed by atoms with van der Waals surface area (Å²) in [5, 5.41) is 4.47. The molecule has 3 heterocycles. The normalized spacial score (nSPS) is 16.3. The maximum Gasteiger partial charge on any atom is 0.308 e. The summed E-state index contributed by atoms with van der Waals surface area (Å²) in [6.07, 6.45) is 3.21. The van der Waals surface area contributed by atoms with Gasteiger partial charge in [-0.05, 0) is 49.6 Å². The van der Waals surface area contributed by atoms with Crippen molar-refractivity contribution in [1.82, 2.24) is 19.6 Å². The van der Waals surface area contributed by atoms with E-state index in [4.69, 9.17) is 4.74 Å². The lowest BCUT2D eigenvalue weighted by molar-refractivity contribution is -0.131. The highest BCUT2D eigenvalue weighted by atomic mass is 16.5. The van der Waals surface area contributed by atoms with Gasteiger partial charge in [0.2, 0.25) is 0 Å². The van der Waals surface area contributed by atoms with Crippen LogP contribution in [0.1, 0.15) is 46.3 Å². The highest BCUT2D eigenvalue weighted by molar-refractivity contribution is 5.95. The van der Waals surface area contributed by atoms with Crippen LogP contribution < -0.4 is 4.74 Å². The second-order valence-corrected chi connectivity index (χ2v) is 7.40. The predicted octanol–water partition coefficient (Wildman–Crippen LogP) is 1.74. The van der Waals surface area contributed by atoms with Crippen molar-refractivity contribution in [1.29, 1.82) is 0 Å². The van der Waals surface area contributed by atoms with Crippen molar-refractivity contribution in [2.24, 2.45) is 0 Å². The molecule has 0 bridgehead atoms. The van der Waals surface area contributed by atoms with Crippen LogP contribution in [0.4, 0.5) is 0 Å². The zero-order chi connectivity index (χ0) is 20.4. The van der Waals surface area contributed by atoms with Gasteiger partial charge < -0.3 is 14.5 Å². The third kappa shape index (κ3) is 4.16. The van der Waals surface area contributed by atoms with Gasteiger partial charge in [0.05, 0.1) is 0 Å². The Labute approximate surface area is 169 Å². The summed E-state index contributed by atoms with van der Waals surface area (Å²) in [6, 6.07) is 8.41. The number of hydrogen-bond donors (Lipinski definition) is 0. The van der Waals surface area contributed by atoms with Gasteiger partial charge in [-0.15, -0.1) is 0 Å². The molecule has 4 rings (SSSR count). The number of piperazine rings is 1. The molecule has 2 amide bonds. The van der Waals surface area contributed by atoms with E-state index in [1.165, 1.54) is 6.92 Å². The van der Waals surface area contributed by atoms with Gasteiger partial charge in [0.15, 0.2) is 5.69 Å². The number of carbonyl (C=O) groups is 3. The Morgan fingerprint density at radius 3 is 2.17 bits per heavy atom. The van der Waals surface area contributed by atoms with Crippen molar-refractivity contribution in [2.45, 2.75) is 32.7 Å². The smallest absolute Gasteiger partial charge is 0.308 e. The fourth-order valence-electron chi connectivity index (χ4n) is 3.81. The Hall–Kier alpha value is -3.16. The van der Waals surface area contributed by atoms with Gasteiger partial charge in [0.25, 0.3) is 11.8 Å². The van der Waals surface area contributed by atoms with E-state index in [1.807, 2.05) is 10.7 Å². The molecule has 2 aliphatic rings. The molecule has 8 heteroatoms. The van der Waals surface area contributed by atoms with Gasteiger partial charge in [0, 0.05) is 50.9 Å². The molecule has 0 N–H and O–H groups in total. The van der Waals surface area contributed by atoms with Crippen LogP contribution in [-0.2, 0) is 17.8 Å². The number of esters is 1. The maximum absolute atomic E-state index is 12.8. The number of aromatic nitrogens is 2. The van der Waals surface area contributed by atoms with Crippen molar-refractivity contribution in [2.75, 3.05) is 26.2 Å². The van der Waals surface area contributed by atoms with Gasteiger partial charge in [0.1, 0.15) is 5.75 Å². The van der Waals surface area contributed by atoms with Crippen molar-refractivity contribution in [3.05, 3.63) is 47.3 Å². The summed E-state index contributed by atoms with van der Waals surface area (Å²) in [5.41, 5.74) is 2.16. The number of carbonyl (C=O) groups excluding carboxylic acids is 3. The van der Waals surface area contributed by atoms with E-state index in [0.717, 1.165) is 31.5 Å². The van der Waals surface area contributed by atoms with Crippen molar-refractivity contribution >= 4 is 17.8 Å². The van der Waals surface area contributed by atoms with Crippen LogP contribution in [0.5, 0.6) is 5.75 Å². The van der Waals surface area contributed by atoms with Crippen molar-refractivity contribution < 1.29 is 19.1 Å². The van der Waals surface area contributed by atoms with Gasteiger partial charge in [-0.25, -0.2) is 0 Å². The molecule has 1 aromatic heterocycles. The molecule has 0 saturated carbocycles. The lowest BCUT2D eigenvalue weighted by atomic mass is 10.1. The molecule has 0 atom stereocenters. The molecule has 0 radical (unpaired) electrons. The van der Waals surface area contributed by atoms with Crippen LogP contribution in [0.25, 0.3) is 0 Å². The Balaban J connectivity index is 1.35. The van der Waals surface area contributed by atoms with E-state index in [-0.39, 0.29) is 11.8 Å². The maximum atomic E-state index is 12.8. The zero-order valence-corrected chi connectivity index (χ0v) is 16.5. The average molecular weight is 396 g/mol. The summed E-state index contributed by atoms with van der Waals surface area (Å²) in [4.78, 5) is 40.0. The van der Waals surface area contributed by atoms with Crippen molar-refractivity contribution in [3.8, 4) is 5.75 Å². The van der Waals surface area contributed by atoms with Gasteiger partial charge in [-0.3, -0.25) is 19.1 Å². The number of ether oxygens (including phenoxy) is 1. The molecular formula is C21H24N4O4. The van der Waals surface area contributed by atoms with Gasteiger partial charge in [-0.1, -0.05) is 0 Å². The number of rotatable bonds is 3. The zero-order valence-electron chi connectivity index (χ0n) is 16.5. The Morgan fingerprint density at radius 1 is 0.897 bits per heavy atom. The van der Waals surface area contributed by atoms with Gasteiger partial charge >= 0.3 is 5.97 Å². The van der Waals surface area contributed by atoms with E-state index in [2.05, 4.69) is 5.10 Å². The standard InChI is InChI=1S/C21H24N4O4/c1-15(26)29-18-7-5-16(6-8-18)20(27)23-10-12-24(13-11-23)21(28)19-14-17-4-2-3-9-25(17)22-19/h5-8,14H,2-4,9-13H2,1H3. The first kappa shape index (κ1) is 19.2. The first-order valence-electron chi connectivity index (χ1n) is 9.95. The monoisotopic (exact) mass is 396 g/mol. The minimum atomic E-state index is -0.400. The first-order valence-corrected chi connectivity index (χ1v) is 9.95. The quantitative estimate of drug-likeness (QED) is 0.583. The van der Waals surface area contributed by atoms with Crippen LogP contribution >= 0.6 is 0 Å². The van der Waals surface area contributed by atoms with Crippen molar-refractivity contribution in [3.63, 3.8) is 0 Å². The number of aryl methyl sites for hydroxylation is 2. The lowest BCUT2D eigenvalue weighted by Crippen LogP contribution is -2.50. The van der Waals surface area contributed by atoms with E-state index in [0.29, 0.717) is 43.2 Å². The van der Waals surface area contributed by atoms with E-state index < -0.39 is 5.97 Å². The summed E-state index contributed by atoms with van der Waals surface area (Å²) in [7, 11) is 0. The summed E-state index contributed by atoms with van der Waals surface area (Å²) in [5.74, 6) is -0.149. The lowest BCUT2D eigenvalue weighted by Gasteiger charge is -2.34. The third-order valence-corrected chi connectivity index (χ3v) is 5.35. The molecule has 1 saturated heterocycles. The number of nitrogens with zero attached hydrogens (tertiary/aromatic N) is 4. The summed E-state index contributed by atoms with van der Waals surface area (Å²) < 4.78 is 6.93. The molecule has 8 nitrogen and oxygen atoms in total. The highest BCUT2D eigenvalue weighted by Crippen LogP contribution is 2.18. The SMILES string of the molecule is CC(=O)Oc1ccc(C(=O)N2CCN(C(=O)c3cc4n(n3)CCCC4)CC2)cc1. The Morgan fingerprint density at radius 2 is 1.55 bits per heavy atom. The summed E-state index contributed by atoms with van der Waals surface area (Å²) in [6.45, 7) is 4.13. The fourth-order valence-corrected chi connectivity index (χ4v) is 3.81. The minimum Gasteiger partial charge on any atom is -0.427 e. The van der Waals surface area contributed by atoms with Crippen LogP contribution in [0, 0.1) is 0 Å². The topological polar surface area (TPSA) is 84.7 Å². The molecule has 0 aliphatic carbocycles. The minimum absolute atomic E-state index is 0.0651. The number of amides is 2. The van der Waals surface area contributed by atoms with E-state index in [9.17, 15) is 14.4 Å². The average Bonchev–Trinajstić information content (AvgIpc) is 3.17.